The third-order valence-corrected chi connectivity index (χ3v) is 6.07. The molecule has 2 N–H and O–H groups in total. The van der Waals surface area contributed by atoms with E-state index in [-0.39, 0.29) is 16.8 Å². The second kappa shape index (κ2) is 6.64. The Kier molecular flexibility index (Phi) is 4.42. The van der Waals surface area contributed by atoms with E-state index in [4.69, 9.17) is 10.5 Å². The maximum absolute atomic E-state index is 13.1. The van der Waals surface area contributed by atoms with Crippen LogP contribution in [0, 0.1) is 12.3 Å². The molecule has 2 aromatic rings. The highest BCUT2D eigenvalue weighted by Gasteiger charge is 2.41. The molecule has 27 heavy (non-hydrogen) atoms. The molecule has 0 saturated carbocycles. The molecule has 2 aliphatic heterocycles. The summed E-state index contributed by atoms with van der Waals surface area (Å²) in [6.45, 7) is 6.58. The topological polar surface area (TPSA) is 86.3 Å². The Labute approximate surface area is 159 Å². The quantitative estimate of drug-likeness (QED) is 0.873. The minimum atomic E-state index is -0.133. The van der Waals surface area contributed by atoms with Crippen molar-refractivity contribution in [2.24, 2.45) is 12.5 Å². The minimum Gasteiger partial charge on any atom is -0.383 e. The summed E-state index contributed by atoms with van der Waals surface area (Å²) < 4.78 is 7.42. The zero-order chi connectivity index (χ0) is 19.2. The molecule has 1 spiro atoms. The third-order valence-electron chi connectivity index (χ3n) is 6.07. The van der Waals surface area contributed by atoms with Crippen LogP contribution in [-0.2, 0) is 11.8 Å². The predicted octanol–water partition coefficient (Wildman–Crippen LogP) is 2.13. The van der Waals surface area contributed by atoms with Crippen molar-refractivity contribution in [2.45, 2.75) is 39.2 Å². The van der Waals surface area contributed by atoms with Gasteiger partial charge in [-0.2, -0.15) is 4.98 Å². The Morgan fingerprint density at radius 3 is 2.70 bits per heavy atom. The van der Waals surface area contributed by atoms with Gasteiger partial charge in [0.2, 0.25) is 5.95 Å². The van der Waals surface area contributed by atoms with Crippen LogP contribution in [0.5, 0.6) is 0 Å². The van der Waals surface area contributed by atoms with Crippen LogP contribution in [0.2, 0.25) is 0 Å². The lowest BCUT2D eigenvalue weighted by molar-refractivity contribution is 0.0974. The summed E-state index contributed by atoms with van der Waals surface area (Å²) >= 11 is 0. The van der Waals surface area contributed by atoms with Gasteiger partial charge in [-0.1, -0.05) is 6.07 Å². The molecule has 7 nitrogen and oxygen atoms in total. The minimum absolute atomic E-state index is 0.133. The summed E-state index contributed by atoms with van der Waals surface area (Å²) in [6.07, 6.45) is 5.27. The second-order valence-electron chi connectivity index (χ2n) is 7.99. The van der Waals surface area contributed by atoms with Crippen LogP contribution in [0.25, 0.3) is 11.1 Å². The first-order valence-electron chi connectivity index (χ1n) is 9.55. The van der Waals surface area contributed by atoms with E-state index in [1.165, 1.54) is 0 Å². The van der Waals surface area contributed by atoms with Gasteiger partial charge in [0.1, 0.15) is 5.82 Å². The largest absolute Gasteiger partial charge is 0.383 e. The molecule has 1 atom stereocenters. The fraction of sp³-hybridized carbons (Fsp3) is 0.550. The lowest BCUT2D eigenvalue weighted by Gasteiger charge is -2.39. The first kappa shape index (κ1) is 18.0. The number of aromatic nitrogens is 3. The first-order chi connectivity index (χ1) is 12.9. The highest BCUT2D eigenvalue weighted by Crippen LogP contribution is 2.42. The van der Waals surface area contributed by atoms with Crippen LogP contribution in [-0.4, -0.2) is 40.3 Å². The van der Waals surface area contributed by atoms with Gasteiger partial charge in [-0.3, -0.25) is 14.3 Å². The number of nitrogens with two attached hydrogens (primary N) is 1. The lowest BCUT2D eigenvalue weighted by atomic mass is 9.77. The van der Waals surface area contributed by atoms with Gasteiger partial charge in [0, 0.05) is 37.6 Å². The molecule has 0 amide bonds. The number of piperidine rings is 1. The van der Waals surface area contributed by atoms with Gasteiger partial charge in [-0.25, -0.2) is 0 Å². The summed E-state index contributed by atoms with van der Waals surface area (Å²) in [4.78, 5) is 24.1. The van der Waals surface area contributed by atoms with Gasteiger partial charge in [0.05, 0.1) is 18.3 Å². The van der Waals surface area contributed by atoms with Crippen LogP contribution < -0.4 is 16.2 Å². The number of hydrogen-bond donors (Lipinski definition) is 1. The first-order valence-corrected chi connectivity index (χ1v) is 9.55. The number of nitrogens with zero attached hydrogens (tertiary/aromatic N) is 4. The van der Waals surface area contributed by atoms with E-state index in [0.29, 0.717) is 17.6 Å². The van der Waals surface area contributed by atoms with E-state index in [2.05, 4.69) is 21.8 Å². The maximum Gasteiger partial charge on any atom is 0.264 e. The lowest BCUT2D eigenvalue weighted by Crippen LogP contribution is -2.43. The molecule has 2 aliphatic rings. The molecule has 4 rings (SSSR count). The fourth-order valence-corrected chi connectivity index (χ4v) is 4.47. The summed E-state index contributed by atoms with van der Waals surface area (Å²) in [5.74, 6) is 0.909. The Bertz CT molecular complexity index is 915. The van der Waals surface area contributed by atoms with Gasteiger partial charge in [0.25, 0.3) is 5.56 Å². The van der Waals surface area contributed by atoms with Crippen LogP contribution >= 0.6 is 0 Å². The molecule has 0 bridgehead atoms. The highest BCUT2D eigenvalue weighted by atomic mass is 16.5. The summed E-state index contributed by atoms with van der Waals surface area (Å²) in [6, 6.07) is 3.67. The van der Waals surface area contributed by atoms with Crippen LogP contribution in [0.4, 0.5) is 11.8 Å². The van der Waals surface area contributed by atoms with Gasteiger partial charge >= 0.3 is 0 Å². The van der Waals surface area contributed by atoms with Crippen molar-refractivity contribution in [1.29, 1.82) is 0 Å². The molecule has 144 valence electrons. The Morgan fingerprint density at radius 2 is 2.07 bits per heavy atom. The Balaban J connectivity index is 1.64. The number of pyridine rings is 1. The van der Waals surface area contributed by atoms with E-state index in [1.807, 2.05) is 19.1 Å². The zero-order valence-electron chi connectivity index (χ0n) is 16.2. The smallest absolute Gasteiger partial charge is 0.264 e. The van der Waals surface area contributed by atoms with Gasteiger partial charge in [-0.05, 0) is 44.6 Å². The van der Waals surface area contributed by atoms with Gasteiger partial charge < -0.3 is 15.4 Å². The predicted molar refractivity (Wildman–Crippen MR) is 106 cm³/mol. The molecule has 0 aromatic carbocycles. The number of rotatable bonds is 2. The normalized spacial score (nSPS) is 21.7. The van der Waals surface area contributed by atoms with Crippen LogP contribution in [0.15, 0.2) is 23.1 Å². The zero-order valence-corrected chi connectivity index (χ0v) is 16.2. The van der Waals surface area contributed by atoms with Crippen molar-refractivity contribution >= 4 is 11.8 Å². The number of ether oxygens (including phenoxy) is 1. The average molecular weight is 369 g/mol. The van der Waals surface area contributed by atoms with Crippen molar-refractivity contribution in [2.75, 3.05) is 30.3 Å². The van der Waals surface area contributed by atoms with E-state index in [0.717, 1.165) is 50.2 Å². The molecule has 2 saturated heterocycles. The highest BCUT2D eigenvalue weighted by molar-refractivity contribution is 5.75. The molecule has 4 heterocycles. The van der Waals surface area contributed by atoms with Crippen molar-refractivity contribution in [3.8, 4) is 11.1 Å². The molecular weight excluding hydrogens is 342 g/mol. The number of aryl methyl sites for hydroxylation is 1. The molecule has 2 aromatic heterocycles. The molecule has 0 aliphatic carbocycles. The molecule has 0 unspecified atom stereocenters. The number of hydrogen-bond acceptors (Lipinski definition) is 6. The van der Waals surface area contributed by atoms with Gasteiger partial charge in [0.15, 0.2) is 0 Å². The van der Waals surface area contributed by atoms with Crippen LogP contribution in [0.1, 0.15) is 31.9 Å². The fourth-order valence-electron chi connectivity index (χ4n) is 4.47. The van der Waals surface area contributed by atoms with E-state index < -0.39 is 0 Å². The standard InChI is InChI=1S/C20H27N5O2/c1-13-11-20(12-27-13)6-9-25(10-7-20)19-23-17(21)16(18(26)24(19)3)15-5-4-8-22-14(15)2/h4-5,8,13H,6-7,9-12,21H2,1-3H3/t13-/m0/s1. The maximum atomic E-state index is 13.1. The second-order valence-corrected chi connectivity index (χ2v) is 7.99. The van der Waals surface area contributed by atoms with Crippen molar-refractivity contribution in [3.63, 3.8) is 0 Å². The molecule has 7 heteroatoms. The van der Waals surface area contributed by atoms with E-state index >= 15 is 0 Å². The SMILES string of the molecule is Cc1ncccc1-c1c(N)nc(N2CCC3(CC2)CO[C@@H](C)C3)n(C)c1=O. The number of nitrogen functional groups attached to an aromatic ring is 1. The molecule has 2 fully saturated rings. The average Bonchev–Trinajstić information content (AvgIpc) is 3.01. The molecule has 0 radical (unpaired) electrons. The number of anilines is 2. The van der Waals surface area contributed by atoms with E-state index in [9.17, 15) is 4.79 Å². The van der Waals surface area contributed by atoms with Crippen molar-refractivity contribution < 1.29 is 4.74 Å². The van der Waals surface area contributed by atoms with Gasteiger partial charge in [-0.15, -0.1) is 0 Å². The summed E-state index contributed by atoms with van der Waals surface area (Å²) in [5.41, 5.74) is 8.32. The Hall–Kier alpha value is -2.41. The van der Waals surface area contributed by atoms with Crippen LogP contribution in [0.3, 0.4) is 0 Å². The van der Waals surface area contributed by atoms with Crippen molar-refractivity contribution in [1.82, 2.24) is 14.5 Å². The van der Waals surface area contributed by atoms with Crippen molar-refractivity contribution in [3.05, 3.63) is 34.4 Å². The summed E-state index contributed by atoms with van der Waals surface area (Å²) in [7, 11) is 1.77. The monoisotopic (exact) mass is 369 g/mol. The third kappa shape index (κ3) is 3.10. The van der Waals surface area contributed by atoms with E-state index in [1.54, 1.807) is 17.8 Å². The Morgan fingerprint density at radius 1 is 1.33 bits per heavy atom. The molecular formula is C20H27N5O2. The summed E-state index contributed by atoms with van der Waals surface area (Å²) in [5, 5.41) is 0.